The number of nitrogens with one attached hydrogen (secondary N) is 1. The second-order valence-electron chi connectivity index (χ2n) is 9.11. The Morgan fingerprint density at radius 2 is 1.36 bits per heavy atom. The molecule has 39 heavy (non-hydrogen) atoms. The highest BCUT2D eigenvalue weighted by atomic mass is 19.1. The van der Waals surface area contributed by atoms with E-state index in [0.29, 0.717) is 17.9 Å². The van der Waals surface area contributed by atoms with Crippen molar-refractivity contribution >= 4 is 17.8 Å². The second-order valence-corrected chi connectivity index (χ2v) is 9.11. The number of hydrogen-bond acceptors (Lipinski definition) is 3. The number of carbonyl (C=O) groups is 2. The van der Waals surface area contributed by atoms with Gasteiger partial charge in [-0.15, -0.1) is 0 Å². The van der Waals surface area contributed by atoms with Gasteiger partial charge in [0, 0.05) is 24.0 Å². The number of anilines is 1. The molecule has 0 aliphatic heterocycles. The molecule has 1 heterocycles. The third-order valence-corrected chi connectivity index (χ3v) is 6.23. The van der Waals surface area contributed by atoms with Crippen molar-refractivity contribution in [3.05, 3.63) is 138 Å². The SMILES string of the molecule is O=C(CN(Cc1ccccc1)C(=O)Cc1ccccc1)Nc1nc(-c2ccccc2)cn1-c1ccc(F)cc1. The van der Waals surface area contributed by atoms with Crippen molar-refractivity contribution < 1.29 is 14.0 Å². The van der Waals surface area contributed by atoms with Crippen molar-refractivity contribution in [1.82, 2.24) is 14.5 Å². The van der Waals surface area contributed by atoms with Gasteiger partial charge in [-0.3, -0.25) is 19.5 Å². The molecular weight excluding hydrogens is 491 g/mol. The first-order valence-corrected chi connectivity index (χ1v) is 12.6. The number of benzene rings is 4. The molecule has 1 aromatic heterocycles. The highest BCUT2D eigenvalue weighted by molar-refractivity contribution is 5.94. The van der Waals surface area contributed by atoms with Gasteiger partial charge in [-0.25, -0.2) is 9.37 Å². The van der Waals surface area contributed by atoms with E-state index in [1.807, 2.05) is 91.0 Å². The molecule has 4 aromatic carbocycles. The number of nitrogens with zero attached hydrogens (tertiary/aromatic N) is 3. The molecule has 5 rings (SSSR count). The van der Waals surface area contributed by atoms with Crippen LogP contribution >= 0.6 is 0 Å². The fourth-order valence-electron chi connectivity index (χ4n) is 4.27. The van der Waals surface area contributed by atoms with Crippen molar-refractivity contribution in [2.75, 3.05) is 11.9 Å². The minimum Gasteiger partial charge on any atom is -0.329 e. The molecule has 0 bridgehead atoms. The first-order valence-electron chi connectivity index (χ1n) is 12.6. The molecule has 0 atom stereocenters. The van der Waals surface area contributed by atoms with E-state index >= 15 is 0 Å². The summed E-state index contributed by atoms with van der Waals surface area (Å²) in [6, 6.07) is 34.5. The molecule has 0 saturated carbocycles. The molecule has 0 aliphatic carbocycles. The van der Waals surface area contributed by atoms with E-state index in [0.717, 1.165) is 16.7 Å². The number of amides is 2. The zero-order chi connectivity index (χ0) is 27.0. The molecule has 6 nitrogen and oxygen atoms in total. The van der Waals surface area contributed by atoms with Gasteiger partial charge >= 0.3 is 0 Å². The Labute approximate surface area is 226 Å². The largest absolute Gasteiger partial charge is 0.329 e. The van der Waals surface area contributed by atoms with Crippen LogP contribution in [-0.4, -0.2) is 32.8 Å². The van der Waals surface area contributed by atoms with Crippen LogP contribution in [0, 0.1) is 5.82 Å². The zero-order valence-corrected chi connectivity index (χ0v) is 21.2. The molecule has 0 fully saturated rings. The van der Waals surface area contributed by atoms with Crippen molar-refractivity contribution in [1.29, 1.82) is 0 Å². The molecule has 0 radical (unpaired) electrons. The average Bonchev–Trinajstić information content (AvgIpc) is 3.38. The van der Waals surface area contributed by atoms with Crippen LogP contribution in [0.3, 0.4) is 0 Å². The minimum absolute atomic E-state index is 0.155. The highest BCUT2D eigenvalue weighted by Gasteiger charge is 2.20. The van der Waals surface area contributed by atoms with Crippen LogP contribution in [0.4, 0.5) is 10.3 Å². The summed E-state index contributed by atoms with van der Waals surface area (Å²) in [5.74, 6) is -0.630. The Morgan fingerprint density at radius 1 is 0.769 bits per heavy atom. The Morgan fingerprint density at radius 3 is 2.00 bits per heavy atom. The topological polar surface area (TPSA) is 67.2 Å². The van der Waals surface area contributed by atoms with Crippen LogP contribution in [-0.2, 0) is 22.6 Å². The van der Waals surface area contributed by atoms with Crippen LogP contribution in [0.15, 0.2) is 121 Å². The Hall–Kier alpha value is -5.04. The van der Waals surface area contributed by atoms with Crippen LogP contribution < -0.4 is 5.32 Å². The second kappa shape index (κ2) is 12.0. The summed E-state index contributed by atoms with van der Waals surface area (Å²) in [7, 11) is 0. The fourth-order valence-corrected chi connectivity index (χ4v) is 4.27. The van der Waals surface area contributed by atoms with Gasteiger partial charge in [0.2, 0.25) is 17.8 Å². The van der Waals surface area contributed by atoms with Crippen LogP contribution in [0.1, 0.15) is 11.1 Å². The summed E-state index contributed by atoms with van der Waals surface area (Å²) < 4.78 is 15.3. The predicted octanol–water partition coefficient (Wildman–Crippen LogP) is 5.89. The molecule has 0 saturated heterocycles. The minimum atomic E-state index is -0.388. The summed E-state index contributed by atoms with van der Waals surface area (Å²) in [6.07, 6.45) is 1.98. The van der Waals surface area contributed by atoms with Crippen molar-refractivity contribution in [3.63, 3.8) is 0 Å². The molecule has 0 aliphatic rings. The van der Waals surface area contributed by atoms with E-state index in [2.05, 4.69) is 10.3 Å². The molecule has 1 N–H and O–H groups in total. The lowest BCUT2D eigenvalue weighted by Crippen LogP contribution is -2.38. The number of rotatable bonds is 9. The monoisotopic (exact) mass is 518 g/mol. The highest BCUT2D eigenvalue weighted by Crippen LogP contribution is 2.24. The summed E-state index contributed by atoms with van der Waals surface area (Å²) in [4.78, 5) is 32.8. The molecule has 194 valence electrons. The molecule has 0 unspecified atom stereocenters. The third kappa shape index (κ3) is 6.64. The standard InChI is InChI=1S/C32H27FN4O2/c33-27-16-18-28(19-17-27)37-22-29(26-14-8-3-9-15-26)34-32(37)35-30(38)23-36(21-25-12-6-2-7-13-25)31(39)20-24-10-4-1-5-11-24/h1-19,22H,20-21,23H2,(H,34,35,38). The lowest BCUT2D eigenvalue weighted by atomic mass is 10.1. The maximum Gasteiger partial charge on any atom is 0.246 e. The normalized spacial score (nSPS) is 10.7. The van der Waals surface area contributed by atoms with Gasteiger partial charge in [0.25, 0.3) is 0 Å². The fraction of sp³-hybridized carbons (Fsp3) is 0.0938. The van der Waals surface area contributed by atoms with Gasteiger partial charge in [-0.2, -0.15) is 0 Å². The lowest BCUT2D eigenvalue weighted by Gasteiger charge is -2.22. The van der Waals surface area contributed by atoms with Gasteiger partial charge < -0.3 is 4.90 Å². The van der Waals surface area contributed by atoms with Gasteiger partial charge in [0.1, 0.15) is 12.4 Å². The first kappa shape index (κ1) is 25.6. The molecular formula is C32H27FN4O2. The van der Waals surface area contributed by atoms with E-state index < -0.39 is 0 Å². The van der Waals surface area contributed by atoms with Gasteiger partial charge in [-0.1, -0.05) is 91.0 Å². The Bertz CT molecular complexity index is 1540. The Balaban J connectivity index is 1.40. The number of aromatic nitrogens is 2. The number of imidazole rings is 1. The number of halogens is 1. The molecule has 5 aromatic rings. The zero-order valence-electron chi connectivity index (χ0n) is 21.2. The van der Waals surface area contributed by atoms with Crippen LogP contribution in [0.5, 0.6) is 0 Å². The number of carbonyl (C=O) groups excluding carboxylic acids is 2. The van der Waals surface area contributed by atoms with Gasteiger partial charge in [0.05, 0.1) is 12.1 Å². The van der Waals surface area contributed by atoms with E-state index in [4.69, 9.17) is 0 Å². The smallest absolute Gasteiger partial charge is 0.246 e. The molecule has 2 amide bonds. The van der Waals surface area contributed by atoms with Crippen LogP contribution in [0.2, 0.25) is 0 Å². The summed E-state index contributed by atoms with van der Waals surface area (Å²) in [5, 5.41) is 2.87. The van der Waals surface area contributed by atoms with Crippen molar-refractivity contribution in [2.45, 2.75) is 13.0 Å². The van der Waals surface area contributed by atoms with Crippen LogP contribution in [0.25, 0.3) is 16.9 Å². The summed E-state index contributed by atoms with van der Waals surface area (Å²) >= 11 is 0. The van der Waals surface area contributed by atoms with E-state index in [1.165, 1.54) is 12.1 Å². The predicted molar refractivity (Wildman–Crippen MR) is 150 cm³/mol. The van der Waals surface area contributed by atoms with Gasteiger partial charge in [0.15, 0.2) is 0 Å². The van der Waals surface area contributed by atoms with Crippen molar-refractivity contribution in [2.24, 2.45) is 0 Å². The maximum atomic E-state index is 13.6. The van der Waals surface area contributed by atoms with E-state index in [-0.39, 0.29) is 36.5 Å². The lowest BCUT2D eigenvalue weighted by molar-refractivity contribution is -0.134. The average molecular weight is 519 g/mol. The van der Waals surface area contributed by atoms with E-state index in [1.54, 1.807) is 27.8 Å². The summed E-state index contributed by atoms with van der Waals surface area (Å²) in [5.41, 5.74) is 3.96. The first-order chi connectivity index (χ1) is 19.0. The van der Waals surface area contributed by atoms with E-state index in [9.17, 15) is 14.0 Å². The summed E-state index contributed by atoms with van der Waals surface area (Å²) in [6.45, 7) is 0.138. The Kier molecular flexibility index (Phi) is 7.88. The van der Waals surface area contributed by atoms with Gasteiger partial charge in [-0.05, 0) is 35.4 Å². The third-order valence-electron chi connectivity index (χ3n) is 6.23. The maximum absolute atomic E-state index is 13.6. The van der Waals surface area contributed by atoms with Crippen molar-refractivity contribution in [3.8, 4) is 16.9 Å². The molecule has 7 heteroatoms. The number of hydrogen-bond donors (Lipinski definition) is 1. The quantitative estimate of drug-likeness (QED) is 0.265. The molecule has 0 spiro atoms.